The van der Waals surface area contributed by atoms with Crippen molar-refractivity contribution in [1.29, 1.82) is 0 Å². The first-order valence-electron chi connectivity index (χ1n) is 8.30. The largest absolute Gasteiger partial charge is 0.373 e. The van der Waals surface area contributed by atoms with Gasteiger partial charge >= 0.3 is 0 Å². The third-order valence-electron chi connectivity index (χ3n) is 5.60. The summed E-state index contributed by atoms with van der Waals surface area (Å²) in [6, 6.07) is 5.09. The molecule has 3 heterocycles. The molecule has 7 heteroatoms. The minimum absolute atomic E-state index is 0.00211. The van der Waals surface area contributed by atoms with Gasteiger partial charge in [-0.3, -0.25) is 4.79 Å². The number of carbonyl (C=O) groups excluding carboxylic acids is 1. The number of nitrogens with zero attached hydrogens (tertiary/aromatic N) is 2. The summed E-state index contributed by atoms with van der Waals surface area (Å²) in [4.78, 5) is 21.3. The zero-order valence-corrected chi connectivity index (χ0v) is 14.6. The van der Waals surface area contributed by atoms with Crippen molar-refractivity contribution in [3.8, 4) is 0 Å². The number of rotatable bonds is 3. The fraction of sp³-hybridized carbons (Fsp3) is 0.389. The lowest BCUT2D eigenvalue weighted by atomic mass is 9.75. The average molecular weight is 376 g/mol. The standard InChI is InChI=1S/C18H15Cl2N3O2/c19-12-2-1-9(3-13(12)20)23-18(24)15-14(8-5-21-7-22-6-8)16-10-4-11(10)17(15)25-16/h1-3,5-7,10-11,14-17H,4H2,(H,23,24)/t10-,11+,14+,15+,16-,17+/m0/s1. The minimum Gasteiger partial charge on any atom is -0.373 e. The average Bonchev–Trinajstić information content (AvgIpc) is 3.23. The van der Waals surface area contributed by atoms with E-state index in [1.165, 1.54) is 6.33 Å². The Hall–Kier alpha value is -1.69. The Morgan fingerprint density at radius 1 is 1.12 bits per heavy atom. The van der Waals surface area contributed by atoms with E-state index in [9.17, 15) is 4.79 Å². The summed E-state index contributed by atoms with van der Waals surface area (Å²) >= 11 is 12.0. The van der Waals surface area contributed by atoms with Crippen LogP contribution in [0.15, 0.2) is 36.9 Å². The highest BCUT2D eigenvalue weighted by atomic mass is 35.5. The lowest BCUT2D eigenvalue weighted by molar-refractivity contribution is -0.122. The van der Waals surface area contributed by atoms with E-state index in [4.69, 9.17) is 27.9 Å². The summed E-state index contributed by atoms with van der Waals surface area (Å²) in [6.07, 6.45) is 6.30. The molecule has 6 atom stereocenters. The second-order valence-corrected chi connectivity index (χ2v) is 7.78. The van der Waals surface area contributed by atoms with Gasteiger partial charge in [0.15, 0.2) is 0 Å². The monoisotopic (exact) mass is 375 g/mol. The molecule has 0 spiro atoms. The van der Waals surface area contributed by atoms with Gasteiger partial charge in [-0.1, -0.05) is 23.2 Å². The van der Waals surface area contributed by atoms with Crippen LogP contribution in [0.25, 0.3) is 0 Å². The SMILES string of the molecule is O=C(Nc1ccc(Cl)c(Cl)c1)[C@H]1[C@@H]2O[C@@H]([C@H]3C[C@H]32)[C@@H]1c1cncnc1. The molecule has 3 fully saturated rings. The first-order chi connectivity index (χ1) is 12.1. The molecule has 0 radical (unpaired) electrons. The van der Waals surface area contributed by atoms with Gasteiger partial charge in [0.1, 0.15) is 6.33 Å². The summed E-state index contributed by atoms with van der Waals surface area (Å²) in [7, 11) is 0. The van der Waals surface area contributed by atoms with Gasteiger partial charge in [0.05, 0.1) is 28.2 Å². The summed E-state index contributed by atoms with van der Waals surface area (Å²) in [5.41, 5.74) is 1.60. The molecule has 25 heavy (non-hydrogen) atoms. The number of halogens is 2. The first kappa shape index (κ1) is 15.6. The molecular formula is C18H15Cl2N3O2. The van der Waals surface area contributed by atoms with Crippen molar-refractivity contribution in [3.05, 3.63) is 52.5 Å². The van der Waals surface area contributed by atoms with Gasteiger partial charge in [0.2, 0.25) is 5.91 Å². The maximum absolute atomic E-state index is 13.0. The van der Waals surface area contributed by atoms with Crippen molar-refractivity contribution in [2.75, 3.05) is 5.32 Å². The summed E-state index contributed by atoms with van der Waals surface area (Å²) in [5.74, 6) is 0.789. The molecule has 1 saturated carbocycles. The van der Waals surface area contributed by atoms with E-state index in [2.05, 4.69) is 15.3 Å². The molecule has 1 aliphatic carbocycles. The van der Waals surface area contributed by atoms with Crippen molar-refractivity contribution < 1.29 is 9.53 Å². The van der Waals surface area contributed by atoms with Crippen LogP contribution in [0, 0.1) is 17.8 Å². The van der Waals surface area contributed by atoms with Gasteiger partial charge in [0, 0.05) is 24.0 Å². The lowest BCUT2D eigenvalue weighted by Gasteiger charge is -2.26. The predicted octanol–water partition coefficient (Wildman–Crippen LogP) is 3.54. The molecule has 3 aliphatic rings. The normalized spacial score (nSPS) is 34.6. The Labute approximate surface area is 154 Å². The van der Waals surface area contributed by atoms with E-state index < -0.39 is 0 Å². The molecule has 2 aliphatic heterocycles. The van der Waals surface area contributed by atoms with Crippen LogP contribution in [0.3, 0.4) is 0 Å². The number of carbonyl (C=O) groups is 1. The van der Waals surface area contributed by atoms with Crippen LogP contribution in [-0.2, 0) is 9.53 Å². The lowest BCUT2D eigenvalue weighted by Crippen LogP contribution is -2.37. The van der Waals surface area contributed by atoms with E-state index in [-0.39, 0.29) is 30.0 Å². The van der Waals surface area contributed by atoms with E-state index in [0.29, 0.717) is 27.6 Å². The highest BCUT2D eigenvalue weighted by molar-refractivity contribution is 6.42. The van der Waals surface area contributed by atoms with Crippen LogP contribution in [-0.4, -0.2) is 28.1 Å². The van der Waals surface area contributed by atoms with Crippen molar-refractivity contribution in [2.24, 2.45) is 17.8 Å². The number of benzene rings is 1. The Bertz CT molecular complexity index is 847. The van der Waals surface area contributed by atoms with E-state index >= 15 is 0 Å². The van der Waals surface area contributed by atoms with E-state index in [1.54, 1.807) is 30.6 Å². The molecule has 1 aromatic carbocycles. The van der Waals surface area contributed by atoms with Crippen LogP contribution in [0.2, 0.25) is 10.0 Å². The summed E-state index contributed by atoms with van der Waals surface area (Å²) < 4.78 is 6.15. The minimum atomic E-state index is -0.241. The third kappa shape index (κ3) is 2.45. The van der Waals surface area contributed by atoms with Gasteiger partial charge in [-0.25, -0.2) is 9.97 Å². The van der Waals surface area contributed by atoms with Crippen LogP contribution in [0.4, 0.5) is 5.69 Å². The molecule has 0 unspecified atom stereocenters. The number of amides is 1. The molecule has 2 bridgehead atoms. The summed E-state index contributed by atoms with van der Waals surface area (Å²) in [6.45, 7) is 0. The van der Waals surface area contributed by atoms with Crippen LogP contribution in [0.5, 0.6) is 0 Å². The third-order valence-corrected chi connectivity index (χ3v) is 6.34. The van der Waals surface area contributed by atoms with E-state index in [0.717, 1.165) is 12.0 Å². The highest BCUT2D eigenvalue weighted by Gasteiger charge is 2.68. The van der Waals surface area contributed by atoms with Crippen LogP contribution >= 0.6 is 23.2 Å². The smallest absolute Gasteiger partial charge is 0.230 e. The zero-order valence-electron chi connectivity index (χ0n) is 13.1. The Morgan fingerprint density at radius 3 is 2.64 bits per heavy atom. The maximum atomic E-state index is 13.0. The van der Waals surface area contributed by atoms with Crippen molar-refractivity contribution >= 4 is 34.8 Å². The quantitative estimate of drug-likeness (QED) is 0.890. The van der Waals surface area contributed by atoms with Crippen LogP contribution < -0.4 is 5.32 Å². The number of nitrogens with one attached hydrogen (secondary N) is 1. The highest BCUT2D eigenvalue weighted by Crippen LogP contribution is 2.65. The van der Waals surface area contributed by atoms with E-state index in [1.807, 2.05) is 0 Å². The second-order valence-electron chi connectivity index (χ2n) is 6.97. The van der Waals surface area contributed by atoms with Gasteiger partial charge in [-0.05, 0) is 42.0 Å². The number of fused-ring (bicyclic) bond motifs is 5. The zero-order chi connectivity index (χ0) is 17.1. The molecule has 1 N–H and O–H groups in total. The predicted molar refractivity (Wildman–Crippen MR) is 93.6 cm³/mol. The molecule has 2 saturated heterocycles. The maximum Gasteiger partial charge on any atom is 0.230 e. The first-order valence-corrected chi connectivity index (χ1v) is 9.05. The number of hydrogen-bond donors (Lipinski definition) is 1. The molecule has 5 rings (SSSR count). The van der Waals surface area contributed by atoms with Gasteiger partial charge in [0.25, 0.3) is 0 Å². The number of anilines is 1. The fourth-order valence-corrected chi connectivity index (χ4v) is 4.77. The Kier molecular flexibility index (Phi) is 3.52. The molecule has 2 aromatic rings. The number of ether oxygens (including phenoxy) is 1. The number of hydrogen-bond acceptors (Lipinski definition) is 4. The second kappa shape index (κ2) is 5.66. The topological polar surface area (TPSA) is 64.1 Å². The fourth-order valence-electron chi connectivity index (χ4n) is 4.48. The van der Waals surface area contributed by atoms with Crippen LogP contribution in [0.1, 0.15) is 17.9 Å². The molecule has 5 nitrogen and oxygen atoms in total. The van der Waals surface area contributed by atoms with Crippen molar-refractivity contribution in [1.82, 2.24) is 9.97 Å². The molecule has 128 valence electrons. The van der Waals surface area contributed by atoms with Gasteiger partial charge in [-0.15, -0.1) is 0 Å². The molecular weight excluding hydrogens is 361 g/mol. The van der Waals surface area contributed by atoms with Gasteiger partial charge in [-0.2, -0.15) is 0 Å². The number of aromatic nitrogens is 2. The van der Waals surface area contributed by atoms with Gasteiger partial charge < -0.3 is 10.1 Å². The van der Waals surface area contributed by atoms with Crippen molar-refractivity contribution in [3.63, 3.8) is 0 Å². The Balaban J connectivity index is 1.44. The van der Waals surface area contributed by atoms with Crippen molar-refractivity contribution in [2.45, 2.75) is 24.5 Å². The summed E-state index contributed by atoms with van der Waals surface area (Å²) in [5, 5.41) is 3.85. The molecule has 1 aromatic heterocycles. The molecule has 1 amide bonds. The Morgan fingerprint density at radius 2 is 1.88 bits per heavy atom.